The number of ether oxygens (including phenoxy) is 3. The Morgan fingerprint density at radius 3 is 1.06 bits per heavy atom. The quantitative estimate of drug-likeness (QED) is 0.0176. The molecule has 0 bridgehead atoms. The van der Waals surface area contributed by atoms with Crippen LogP contribution in [0.25, 0.3) is 24.3 Å². The highest BCUT2D eigenvalue weighted by atomic mass is 31.2. The van der Waals surface area contributed by atoms with Crippen LogP contribution in [0.3, 0.4) is 0 Å². The van der Waals surface area contributed by atoms with Crippen LogP contribution in [0.5, 0.6) is 0 Å². The summed E-state index contributed by atoms with van der Waals surface area (Å²) in [7, 11) is -3.37. The number of hydrogen-bond acceptors (Lipinski definition) is 11. The van der Waals surface area contributed by atoms with Crippen molar-refractivity contribution in [3.05, 3.63) is 235 Å². The molecular formula is C73H100F5O11P. The van der Waals surface area contributed by atoms with Gasteiger partial charge in [-0.2, -0.15) is 0 Å². The molecular weight excluding hydrogens is 1180 g/mol. The summed E-state index contributed by atoms with van der Waals surface area (Å²) in [6, 6.07) is 30.3. The van der Waals surface area contributed by atoms with Crippen molar-refractivity contribution in [3.8, 4) is 0 Å². The van der Waals surface area contributed by atoms with E-state index in [-0.39, 0.29) is 91.2 Å². The van der Waals surface area contributed by atoms with Crippen LogP contribution in [0.15, 0.2) is 179 Å². The lowest BCUT2D eigenvalue weighted by atomic mass is 10.1. The number of carbonyl (C=O) groups is 4. The maximum Gasteiger partial charge on any atom is 0.344 e. The van der Waals surface area contributed by atoms with Gasteiger partial charge in [0.25, 0.3) is 0 Å². The van der Waals surface area contributed by atoms with E-state index in [4.69, 9.17) is 28.4 Å². The highest BCUT2D eigenvalue weighted by molar-refractivity contribution is 7.55. The van der Waals surface area contributed by atoms with Crippen molar-refractivity contribution in [1.82, 2.24) is 0 Å². The van der Waals surface area contributed by atoms with E-state index in [1.165, 1.54) is 85.3 Å². The molecule has 0 aliphatic carbocycles. The summed E-state index contributed by atoms with van der Waals surface area (Å²) in [6.45, 7) is 26.0. The van der Waals surface area contributed by atoms with Crippen LogP contribution in [0.1, 0.15) is 152 Å². The fourth-order valence-electron chi connectivity index (χ4n) is 6.77. The summed E-state index contributed by atoms with van der Waals surface area (Å²) in [5.41, 5.74) is 9.65. The summed E-state index contributed by atoms with van der Waals surface area (Å²) < 4.78 is 99.7. The molecule has 0 saturated carbocycles. The number of carbonyl (C=O) groups excluding carboxylic acids is 4. The number of allylic oxidation sites excluding steroid dienone is 7. The number of rotatable bonds is 22. The summed E-state index contributed by atoms with van der Waals surface area (Å²) in [4.78, 5) is 43.0. The zero-order valence-electron chi connectivity index (χ0n) is 51.6. The van der Waals surface area contributed by atoms with Gasteiger partial charge in [-0.3, -0.25) is 18.9 Å². The normalized spacial score (nSPS) is 11.8. The van der Waals surface area contributed by atoms with Crippen LogP contribution in [0.4, 0.5) is 22.0 Å². The minimum absolute atomic E-state index is 0. The molecule has 0 fully saturated rings. The summed E-state index contributed by atoms with van der Waals surface area (Å²) in [5.74, 6) is -2.15. The topological polar surface area (TPSA) is 152 Å². The molecule has 90 heavy (non-hydrogen) atoms. The number of esters is 2. The third-order valence-electron chi connectivity index (χ3n) is 10.7. The Labute approximate surface area is 535 Å². The molecule has 1 atom stereocenters. The number of halogens is 5. The molecule has 11 nitrogen and oxygen atoms in total. The summed E-state index contributed by atoms with van der Waals surface area (Å²) >= 11 is 0. The number of aliphatic hydroxyl groups is 1. The third kappa shape index (κ3) is 43.0. The van der Waals surface area contributed by atoms with Gasteiger partial charge in [0.05, 0.1) is 39.6 Å². The monoisotopic (exact) mass is 1280 g/mol. The van der Waals surface area contributed by atoms with Gasteiger partial charge in [0.1, 0.15) is 41.7 Å². The second-order valence-corrected chi connectivity index (χ2v) is 21.0. The van der Waals surface area contributed by atoms with Crippen molar-refractivity contribution < 1.29 is 74.1 Å². The zero-order valence-corrected chi connectivity index (χ0v) is 52.5. The van der Waals surface area contributed by atoms with Crippen molar-refractivity contribution in [1.29, 1.82) is 0 Å². The minimum Gasteiger partial charge on any atom is -0.465 e. The molecule has 1 N–H and O–H groups in total. The second-order valence-electron chi connectivity index (χ2n) is 18.7. The van der Waals surface area contributed by atoms with E-state index in [2.05, 4.69) is 6.08 Å². The van der Waals surface area contributed by atoms with Crippen LogP contribution >= 0.6 is 7.60 Å². The predicted molar refractivity (Wildman–Crippen MR) is 363 cm³/mol. The molecule has 0 saturated heterocycles. The molecule has 0 heterocycles. The first-order valence-electron chi connectivity index (χ1n) is 27.7. The molecule has 17 heteroatoms. The molecule has 0 aromatic heterocycles. The lowest BCUT2D eigenvalue weighted by molar-refractivity contribution is -0.142. The van der Waals surface area contributed by atoms with E-state index in [9.17, 15) is 45.7 Å². The van der Waals surface area contributed by atoms with Gasteiger partial charge in [-0.05, 0) is 214 Å². The van der Waals surface area contributed by atoms with Crippen LogP contribution in [0.2, 0.25) is 0 Å². The van der Waals surface area contributed by atoms with E-state index in [0.717, 1.165) is 57.4 Å². The number of aldehydes is 2. The minimum atomic E-state index is -3.37. The highest BCUT2D eigenvalue weighted by Crippen LogP contribution is 2.53. The lowest BCUT2D eigenvalue weighted by Gasteiger charge is -2.21. The predicted octanol–water partition coefficient (Wildman–Crippen LogP) is 19.9. The van der Waals surface area contributed by atoms with Crippen molar-refractivity contribution >= 4 is 56.4 Å². The molecule has 5 aromatic carbocycles. The molecule has 0 amide bonds. The Morgan fingerprint density at radius 2 is 0.767 bits per heavy atom. The van der Waals surface area contributed by atoms with E-state index >= 15 is 0 Å². The van der Waals surface area contributed by atoms with Crippen LogP contribution in [-0.4, -0.2) is 81.5 Å². The molecule has 5 aromatic rings. The van der Waals surface area contributed by atoms with Crippen LogP contribution < -0.4 is 0 Å². The Hall–Kier alpha value is -7.72. The summed E-state index contributed by atoms with van der Waals surface area (Å²) in [6.07, 6.45) is 14.7. The maximum atomic E-state index is 12.7. The first-order chi connectivity index (χ1) is 40.8. The van der Waals surface area contributed by atoms with Crippen LogP contribution in [-0.2, 0) is 42.2 Å². The maximum absolute atomic E-state index is 12.7. The molecule has 498 valence electrons. The van der Waals surface area contributed by atoms with Gasteiger partial charge in [0.2, 0.25) is 0 Å². The average Bonchev–Trinajstić information content (AvgIpc) is 1.30. The first-order valence-corrected chi connectivity index (χ1v) is 29.3. The van der Waals surface area contributed by atoms with E-state index in [1.54, 1.807) is 102 Å². The smallest absolute Gasteiger partial charge is 0.344 e. The van der Waals surface area contributed by atoms with Gasteiger partial charge in [0.15, 0.2) is 5.66 Å². The molecule has 1 unspecified atom stereocenters. The Bertz CT molecular complexity index is 3040. The Balaban J connectivity index is -0.000000321. The van der Waals surface area contributed by atoms with E-state index in [1.807, 2.05) is 65.8 Å². The second kappa shape index (κ2) is 53.1. The average molecular weight is 1280 g/mol. The fraction of sp³-hybridized carbons (Fsp3) is 0.342. The fourth-order valence-corrected chi connectivity index (χ4v) is 8.35. The number of aliphatic hydroxyl groups excluding tert-OH is 1. The van der Waals surface area contributed by atoms with E-state index < -0.39 is 19.2 Å². The number of hydrogen-bond donors (Lipinski definition) is 1. The van der Waals surface area contributed by atoms with Crippen molar-refractivity contribution in [2.75, 3.05) is 46.2 Å². The lowest BCUT2D eigenvalue weighted by Crippen LogP contribution is -2.22. The van der Waals surface area contributed by atoms with Gasteiger partial charge in [-0.25, -0.2) is 26.7 Å². The molecule has 0 spiro atoms. The van der Waals surface area contributed by atoms with Gasteiger partial charge in [-0.15, -0.1) is 0 Å². The largest absolute Gasteiger partial charge is 0.465 e. The van der Waals surface area contributed by atoms with Crippen LogP contribution in [0, 0.1) is 29.1 Å². The van der Waals surface area contributed by atoms with Crippen molar-refractivity contribution in [3.63, 3.8) is 0 Å². The van der Waals surface area contributed by atoms with Gasteiger partial charge < -0.3 is 28.4 Å². The SMILES string of the molecule is C.C.C.C.C/C(C=O)=C\c1ccc(F)cc1.CC(=C\c1ccc(F)cc1)/C=C(\C)CO.CCOC(=O)/C(C)=C/C(C)=C/c1ccc(F)cc1.CCOC(=O)C(C)P(=O)(OCC)OCC.CCOC/C(C)=C/C(C)=C/c1ccc(F)cc1.O=Cc1ccc(F)cc1. The Morgan fingerprint density at radius 1 is 0.456 bits per heavy atom. The standard InChI is InChI=1S/C15H17FO2.C15H19FO.C13H15FO.C10H9FO.C9H19O5P.C7H5FO.4CH4/c1-4-18-15(17)12(3)9-11(2)10-13-5-7-14(16)8-6-13;1-4-17-11-13(3)9-12(2)10-14-5-7-15(16)8-6-14;1-10(7-11(2)9-15)8-12-3-5-13(14)6-4-12;1-8(7-12)6-9-2-4-10(11)5-3-9;1-5-12-9(10)8(4)15(11,13-6-2)14-7-3;8-7-3-1-6(5-9)2-4-7;;;;/h5-10H,4H2,1-3H3;5-10H,4,11H2,1-3H3;3-8,15H,9H2,1-2H3;2-7H,1H3;8H,5-7H2,1-4H3;1-5H;4*1H4/b11-10+,12-9+;12-10+,13-9+;10-8+,11-7+;8-6+;;;;;;. The highest BCUT2D eigenvalue weighted by Gasteiger charge is 2.38. The molecule has 0 radical (unpaired) electrons. The van der Waals surface area contributed by atoms with Gasteiger partial charge in [0, 0.05) is 17.7 Å². The van der Waals surface area contributed by atoms with Crippen molar-refractivity contribution in [2.45, 2.75) is 125 Å². The molecule has 5 rings (SSSR count). The number of benzene rings is 5. The molecule has 0 aliphatic heterocycles. The first kappa shape index (κ1) is 91.0. The summed E-state index contributed by atoms with van der Waals surface area (Å²) in [5, 5.41) is 8.84. The zero-order chi connectivity index (χ0) is 65.0. The molecule has 0 aliphatic rings. The third-order valence-corrected chi connectivity index (χ3v) is 13.1. The Kier molecular flexibility index (Phi) is 53.7. The van der Waals surface area contributed by atoms with Gasteiger partial charge >= 0.3 is 19.5 Å². The van der Waals surface area contributed by atoms with Gasteiger partial charge in [-0.1, -0.05) is 125 Å². The van der Waals surface area contributed by atoms with Crippen molar-refractivity contribution in [2.24, 2.45) is 0 Å². The van der Waals surface area contributed by atoms with E-state index in [0.29, 0.717) is 36.2 Å².